The zero-order valence-electron chi connectivity index (χ0n) is 8.89. The maximum Gasteiger partial charge on any atom is 0.150 e. The Hall–Kier alpha value is -1.68. The van der Waals surface area contributed by atoms with E-state index in [4.69, 9.17) is 4.52 Å². The molecule has 1 N–H and O–H groups in total. The van der Waals surface area contributed by atoms with Gasteiger partial charge in [-0.1, -0.05) is 11.2 Å². The van der Waals surface area contributed by atoms with Crippen LogP contribution in [0.25, 0.3) is 0 Å². The van der Waals surface area contributed by atoms with Gasteiger partial charge in [-0.3, -0.25) is 4.98 Å². The summed E-state index contributed by atoms with van der Waals surface area (Å²) < 4.78 is 5.05. The largest absolute Gasteiger partial charge is 0.360 e. The first-order chi connectivity index (χ1) is 7.93. The zero-order valence-corrected chi connectivity index (χ0v) is 8.89. The van der Waals surface area contributed by atoms with Crippen LogP contribution in [0.1, 0.15) is 29.5 Å². The summed E-state index contributed by atoms with van der Waals surface area (Å²) in [5.41, 5.74) is 2.54. The van der Waals surface area contributed by atoms with E-state index in [0.717, 1.165) is 18.6 Å². The smallest absolute Gasteiger partial charge is 0.150 e. The summed E-state index contributed by atoms with van der Waals surface area (Å²) in [6.07, 6.45) is 5.74. The lowest BCUT2D eigenvalue weighted by Crippen LogP contribution is -2.19. The van der Waals surface area contributed by atoms with Gasteiger partial charge in [0, 0.05) is 12.3 Å². The van der Waals surface area contributed by atoms with Gasteiger partial charge in [0.15, 0.2) is 0 Å². The summed E-state index contributed by atoms with van der Waals surface area (Å²) in [6.45, 7) is 0.709. The number of aryl methyl sites for hydroxylation is 1. The summed E-state index contributed by atoms with van der Waals surface area (Å²) in [5, 5.41) is 7.13. The Morgan fingerprint density at radius 1 is 1.38 bits per heavy atom. The van der Waals surface area contributed by atoms with E-state index in [1.807, 2.05) is 18.3 Å². The molecule has 0 radical (unpaired) electrons. The first-order valence-electron chi connectivity index (χ1n) is 5.50. The molecule has 0 amide bonds. The van der Waals surface area contributed by atoms with Crippen LogP contribution in [0, 0.1) is 0 Å². The van der Waals surface area contributed by atoms with Gasteiger partial charge in [-0.15, -0.1) is 0 Å². The predicted octanol–water partition coefficient (Wildman–Crippen LogP) is 1.85. The minimum absolute atomic E-state index is 0.348. The number of aromatic nitrogens is 2. The van der Waals surface area contributed by atoms with Crippen molar-refractivity contribution in [3.8, 4) is 0 Å². The van der Waals surface area contributed by atoms with Crippen LogP contribution in [-0.4, -0.2) is 10.1 Å². The Morgan fingerprint density at radius 3 is 3.25 bits per heavy atom. The molecular weight excluding hydrogens is 202 g/mol. The molecule has 0 fully saturated rings. The second-order valence-electron chi connectivity index (χ2n) is 4.00. The maximum absolute atomic E-state index is 5.05. The average Bonchev–Trinajstić information content (AvgIpc) is 2.96. The Morgan fingerprint density at radius 2 is 2.38 bits per heavy atom. The van der Waals surface area contributed by atoms with Gasteiger partial charge >= 0.3 is 0 Å². The number of fused-ring (bicyclic) bond motifs is 1. The second-order valence-corrected chi connectivity index (χ2v) is 4.00. The van der Waals surface area contributed by atoms with Gasteiger partial charge in [0.1, 0.15) is 5.76 Å². The number of nitrogens with zero attached hydrogens (tertiary/aromatic N) is 2. The van der Waals surface area contributed by atoms with Crippen LogP contribution in [0.5, 0.6) is 0 Å². The number of rotatable bonds is 3. The zero-order chi connectivity index (χ0) is 10.8. The van der Waals surface area contributed by atoms with Crippen LogP contribution >= 0.6 is 0 Å². The highest BCUT2D eigenvalue weighted by molar-refractivity contribution is 5.27. The topological polar surface area (TPSA) is 51.0 Å². The fourth-order valence-corrected chi connectivity index (χ4v) is 2.17. The molecule has 4 heteroatoms. The molecule has 1 aliphatic rings. The highest BCUT2D eigenvalue weighted by Gasteiger charge is 2.22. The Kier molecular flexibility index (Phi) is 2.42. The van der Waals surface area contributed by atoms with Crippen LogP contribution in [-0.2, 0) is 13.0 Å². The van der Waals surface area contributed by atoms with Crippen LogP contribution in [0.4, 0.5) is 0 Å². The third-order valence-electron chi connectivity index (χ3n) is 2.97. The quantitative estimate of drug-likeness (QED) is 0.848. The lowest BCUT2D eigenvalue weighted by Gasteiger charge is -2.11. The number of pyridine rings is 1. The number of hydrogen-bond donors (Lipinski definition) is 1. The van der Waals surface area contributed by atoms with Crippen molar-refractivity contribution in [2.24, 2.45) is 0 Å². The minimum atomic E-state index is 0.348. The van der Waals surface area contributed by atoms with Crippen molar-refractivity contribution >= 4 is 0 Å². The summed E-state index contributed by atoms with van der Waals surface area (Å²) in [7, 11) is 0. The molecule has 1 aliphatic carbocycles. The second kappa shape index (κ2) is 4.06. The molecule has 2 aromatic heterocycles. The molecule has 0 aromatic carbocycles. The van der Waals surface area contributed by atoms with Crippen molar-refractivity contribution in [1.29, 1.82) is 0 Å². The SMILES string of the molecule is c1cnc2c(c1)CCC2NCc1ccno1. The first kappa shape index (κ1) is 9.54. The summed E-state index contributed by atoms with van der Waals surface area (Å²) in [4.78, 5) is 4.43. The Bertz CT molecular complexity index is 467. The lowest BCUT2D eigenvalue weighted by atomic mass is 10.2. The van der Waals surface area contributed by atoms with E-state index in [-0.39, 0.29) is 0 Å². The van der Waals surface area contributed by atoms with Crippen molar-refractivity contribution in [2.75, 3.05) is 0 Å². The molecule has 1 atom stereocenters. The Balaban J connectivity index is 1.69. The number of hydrogen-bond acceptors (Lipinski definition) is 4. The van der Waals surface area contributed by atoms with Gasteiger partial charge in [0.05, 0.1) is 24.5 Å². The van der Waals surface area contributed by atoms with Gasteiger partial charge in [0.2, 0.25) is 0 Å². The van der Waals surface area contributed by atoms with Crippen LogP contribution in [0.2, 0.25) is 0 Å². The number of nitrogens with one attached hydrogen (secondary N) is 1. The van der Waals surface area contributed by atoms with Crippen molar-refractivity contribution < 1.29 is 4.52 Å². The normalized spacial score (nSPS) is 18.6. The monoisotopic (exact) mass is 215 g/mol. The van der Waals surface area contributed by atoms with E-state index in [9.17, 15) is 0 Å². The minimum Gasteiger partial charge on any atom is -0.360 e. The molecule has 3 rings (SSSR count). The molecule has 2 aromatic rings. The van der Waals surface area contributed by atoms with Crippen LogP contribution in [0.15, 0.2) is 35.1 Å². The van der Waals surface area contributed by atoms with Crippen molar-refractivity contribution in [1.82, 2.24) is 15.5 Å². The third kappa shape index (κ3) is 1.72. The molecule has 0 spiro atoms. The van der Waals surface area contributed by atoms with Gasteiger partial charge in [-0.05, 0) is 24.5 Å². The molecule has 0 saturated heterocycles. The Labute approximate surface area is 93.7 Å². The predicted molar refractivity (Wildman–Crippen MR) is 58.6 cm³/mol. The molecular formula is C12H13N3O. The summed E-state index contributed by atoms with van der Waals surface area (Å²) in [5.74, 6) is 0.865. The maximum atomic E-state index is 5.05. The lowest BCUT2D eigenvalue weighted by molar-refractivity contribution is 0.362. The molecule has 0 bridgehead atoms. The molecule has 4 nitrogen and oxygen atoms in total. The third-order valence-corrected chi connectivity index (χ3v) is 2.97. The molecule has 16 heavy (non-hydrogen) atoms. The van der Waals surface area contributed by atoms with Crippen LogP contribution in [0.3, 0.4) is 0 Å². The highest BCUT2D eigenvalue weighted by Crippen LogP contribution is 2.28. The molecule has 0 saturated carbocycles. The summed E-state index contributed by atoms with van der Waals surface area (Å²) in [6, 6.07) is 6.37. The van der Waals surface area contributed by atoms with Gasteiger partial charge in [-0.25, -0.2) is 0 Å². The first-order valence-corrected chi connectivity index (χ1v) is 5.50. The van der Waals surface area contributed by atoms with E-state index in [0.29, 0.717) is 12.6 Å². The van der Waals surface area contributed by atoms with Crippen LogP contribution < -0.4 is 5.32 Å². The van der Waals surface area contributed by atoms with Gasteiger partial charge in [-0.2, -0.15) is 0 Å². The van der Waals surface area contributed by atoms with E-state index in [2.05, 4.69) is 21.5 Å². The van der Waals surface area contributed by atoms with Crippen molar-refractivity contribution in [2.45, 2.75) is 25.4 Å². The molecule has 2 heterocycles. The average molecular weight is 215 g/mol. The van der Waals surface area contributed by atoms with Crippen molar-refractivity contribution in [3.63, 3.8) is 0 Å². The van der Waals surface area contributed by atoms with E-state index in [1.54, 1.807) is 6.20 Å². The molecule has 1 unspecified atom stereocenters. The molecule has 0 aliphatic heterocycles. The standard InChI is InChI=1S/C12H13N3O/c1-2-9-3-4-11(12(9)13-6-1)14-8-10-5-7-15-16-10/h1-2,5-7,11,14H,3-4,8H2. The van der Waals surface area contributed by atoms with Crippen molar-refractivity contribution in [3.05, 3.63) is 47.6 Å². The van der Waals surface area contributed by atoms with E-state index < -0.39 is 0 Å². The fraction of sp³-hybridized carbons (Fsp3) is 0.333. The fourth-order valence-electron chi connectivity index (χ4n) is 2.17. The van der Waals surface area contributed by atoms with Gasteiger partial charge in [0.25, 0.3) is 0 Å². The summed E-state index contributed by atoms with van der Waals surface area (Å²) >= 11 is 0. The van der Waals surface area contributed by atoms with E-state index in [1.165, 1.54) is 11.3 Å². The van der Waals surface area contributed by atoms with E-state index >= 15 is 0 Å². The highest BCUT2D eigenvalue weighted by atomic mass is 16.5. The molecule has 82 valence electrons. The van der Waals surface area contributed by atoms with Gasteiger partial charge < -0.3 is 9.84 Å².